The Morgan fingerprint density at radius 3 is 3.00 bits per heavy atom. The van der Waals surface area contributed by atoms with Crippen molar-refractivity contribution >= 4 is 17.4 Å². The number of nitrogens with zero attached hydrogens (tertiary/aromatic N) is 5. The predicted octanol–water partition coefficient (Wildman–Crippen LogP) is 1.24. The molecule has 0 aliphatic carbocycles. The van der Waals surface area contributed by atoms with Gasteiger partial charge in [-0.2, -0.15) is 4.98 Å². The van der Waals surface area contributed by atoms with E-state index >= 15 is 0 Å². The number of pyridine rings is 1. The molecule has 1 unspecified atom stereocenters. The topological polar surface area (TPSA) is 141 Å². The molecule has 0 radical (unpaired) electrons. The summed E-state index contributed by atoms with van der Waals surface area (Å²) in [6.07, 6.45) is 3.70. The van der Waals surface area contributed by atoms with Crippen LogP contribution in [-0.4, -0.2) is 39.0 Å². The van der Waals surface area contributed by atoms with Crippen LogP contribution in [0.2, 0.25) is 0 Å². The number of aryl methyl sites for hydroxylation is 1. The fraction of sp³-hybridized carbons (Fsp3) is 0.467. The Kier molecular flexibility index (Phi) is 4.59. The van der Waals surface area contributed by atoms with Crippen molar-refractivity contribution in [1.29, 1.82) is 0 Å². The molecule has 10 heteroatoms. The first kappa shape index (κ1) is 16.8. The van der Waals surface area contributed by atoms with Crippen LogP contribution in [-0.2, 0) is 6.42 Å². The highest BCUT2D eigenvalue weighted by Crippen LogP contribution is 2.28. The number of anilines is 1. The van der Waals surface area contributed by atoms with Gasteiger partial charge in [-0.15, -0.1) is 0 Å². The van der Waals surface area contributed by atoms with Gasteiger partial charge in [0.2, 0.25) is 5.89 Å². The Morgan fingerprint density at radius 2 is 2.36 bits per heavy atom. The lowest BCUT2D eigenvalue weighted by Crippen LogP contribution is -2.38. The molecule has 0 saturated carbocycles. The van der Waals surface area contributed by atoms with E-state index in [1.807, 2.05) is 4.90 Å². The van der Waals surface area contributed by atoms with Crippen LogP contribution in [0.4, 0.5) is 11.5 Å². The van der Waals surface area contributed by atoms with Gasteiger partial charge in [-0.1, -0.05) is 5.16 Å². The molecule has 2 aromatic heterocycles. The molecule has 2 aromatic rings. The van der Waals surface area contributed by atoms with Crippen LogP contribution in [0.25, 0.3) is 0 Å². The molecule has 25 heavy (non-hydrogen) atoms. The van der Waals surface area contributed by atoms with Crippen molar-refractivity contribution in [2.75, 3.05) is 18.0 Å². The molecular formula is C15H18N6O4. The van der Waals surface area contributed by atoms with Gasteiger partial charge in [-0.3, -0.25) is 14.9 Å². The molecule has 0 bridgehead atoms. The summed E-state index contributed by atoms with van der Waals surface area (Å²) in [6, 6.07) is 1.18. The Bertz CT molecular complexity index is 805. The number of hydrogen-bond acceptors (Lipinski definition) is 8. The summed E-state index contributed by atoms with van der Waals surface area (Å²) in [5.74, 6) is 1.09. The van der Waals surface area contributed by atoms with E-state index < -0.39 is 10.8 Å². The summed E-state index contributed by atoms with van der Waals surface area (Å²) in [6.45, 7) is 3.08. The summed E-state index contributed by atoms with van der Waals surface area (Å²) >= 11 is 0. The zero-order valence-electron chi connectivity index (χ0n) is 13.7. The number of carbonyl (C=O) groups is 1. The van der Waals surface area contributed by atoms with Crippen molar-refractivity contribution in [2.45, 2.75) is 26.2 Å². The molecule has 10 nitrogen and oxygen atoms in total. The maximum Gasteiger partial charge on any atom is 0.288 e. The number of carbonyl (C=O) groups excluding carboxylic acids is 1. The van der Waals surface area contributed by atoms with Crippen molar-refractivity contribution in [3.8, 4) is 0 Å². The van der Waals surface area contributed by atoms with Crippen molar-refractivity contribution in [3.63, 3.8) is 0 Å². The van der Waals surface area contributed by atoms with Gasteiger partial charge in [-0.05, 0) is 18.8 Å². The average molecular weight is 346 g/mol. The zero-order chi connectivity index (χ0) is 18.0. The minimum atomic E-state index is -0.734. The number of nitro groups is 1. The highest BCUT2D eigenvalue weighted by Gasteiger charge is 2.26. The summed E-state index contributed by atoms with van der Waals surface area (Å²) in [4.78, 5) is 32.3. The average Bonchev–Trinajstić information content (AvgIpc) is 2.99. The Morgan fingerprint density at radius 1 is 1.56 bits per heavy atom. The number of piperidine rings is 1. The van der Waals surface area contributed by atoms with Gasteiger partial charge >= 0.3 is 0 Å². The van der Waals surface area contributed by atoms with E-state index in [2.05, 4.69) is 15.1 Å². The predicted molar refractivity (Wildman–Crippen MR) is 87.1 cm³/mol. The minimum Gasteiger partial charge on any atom is -0.365 e. The first-order valence-electron chi connectivity index (χ1n) is 7.92. The maximum atomic E-state index is 11.7. The molecule has 1 aliphatic heterocycles. The van der Waals surface area contributed by atoms with E-state index in [4.69, 9.17) is 10.3 Å². The largest absolute Gasteiger partial charge is 0.365 e. The number of primary amides is 1. The Labute approximate surface area is 143 Å². The lowest BCUT2D eigenvalue weighted by atomic mass is 9.94. The van der Waals surface area contributed by atoms with E-state index in [0.717, 1.165) is 19.0 Å². The molecule has 0 aromatic carbocycles. The normalized spacial score (nSPS) is 17.5. The van der Waals surface area contributed by atoms with Crippen LogP contribution in [0.1, 0.15) is 34.9 Å². The first-order chi connectivity index (χ1) is 11.9. The third-order valence-electron chi connectivity index (χ3n) is 4.19. The molecule has 1 aliphatic rings. The fourth-order valence-electron chi connectivity index (χ4n) is 3.09. The molecule has 1 fully saturated rings. The van der Waals surface area contributed by atoms with Gasteiger partial charge in [0.1, 0.15) is 12.0 Å². The van der Waals surface area contributed by atoms with E-state index in [-0.39, 0.29) is 17.2 Å². The smallest absolute Gasteiger partial charge is 0.288 e. The van der Waals surface area contributed by atoms with Crippen LogP contribution in [0.3, 0.4) is 0 Å². The van der Waals surface area contributed by atoms with Gasteiger partial charge in [0, 0.05) is 32.5 Å². The van der Waals surface area contributed by atoms with Gasteiger partial charge in [0.15, 0.2) is 5.82 Å². The first-order valence-corrected chi connectivity index (χ1v) is 7.92. The van der Waals surface area contributed by atoms with Gasteiger partial charge < -0.3 is 15.2 Å². The summed E-state index contributed by atoms with van der Waals surface area (Å²) in [5, 5.41) is 14.8. The van der Waals surface area contributed by atoms with Crippen LogP contribution in [0.15, 0.2) is 16.8 Å². The van der Waals surface area contributed by atoms with Crippen LogP contribution < -0.4 is 10.6 Å². The second-order valence-electron chi connectivity index (χ2n) is 6.07. The third kappa shape index (κ3) is 3.73. The quantitative estimate of drug-likeness (QED) is 0.629. The number of hydrogen-bond donors (Lipinski definition) is 1. The molecular weight excluding hydrogens is 328 g/mol. The molecule has 3 rings (SSSR count). The number of aromatic nitrogens is 3. The highest BCUT2D eigenvalue weighted by molar-refractivity contribution is 5.98. The number of rotatable bonds is 5. The van der Waals surface area contributed by atoms with E-state index in [1.54, 1.807) is 6.92 Å². The third-order valence-corrected chi connectivity index (χ3v) is 4.19. The highest BCUT2D eigenvalue weighted by atomic mass is 16.6. The van der Waals surface area contributed by atoms with Gasteiger partial charge in [0.25, 0.3) is 11.6 Å². The Balaban J connectivity index is 1.80. The molecule has 1 atom stereocenters. The van der Waals surface area contributed by atoms with E-state index in [1.165, 1.54) is 6.07 Å². The molecule has 132 valence electrons. The van der Waals surface area contributed by atoms with Gasteiger partial charge in [-0.25, -0.2) is 4.98 Å². The molecule has 2 N–H and O–H groups in total. The lowest BCUT2D eigenvalue weighted by Gasteiger charge is -2.33. The van der Waals surface area contributed by atoms with Crippen molar-refractivity contribution < 1.29 is 14.2 Å². The summed E-state index contributed by atoms with van der Waals surface area (Å²) in [7, 11) is 0. The zero-order valence-corrected chi connectivity index (χ0v) is 13.7. The molecule has 0 spiro atoms. The fourth-order valence-corrected chi connectivity index (χ4v) is 3.09. The van der Waals surface area contributed by atoms with Crippen molar-refractivity contribution in [1.82, 2.24) is 15.1 Å². The molecule has 1 saturated heterocycles. The SMILES string of the molecule is Cc1nc(CC2CCCN(c3ncc([N+](=O)[O-])cc3C(N)=O)C2)no1. The number of nitrogens with two attached hydrogens (primary N) is 1. The maximum absolute atomic E-state index is 11.7. The lowest BCUT2D eigenvalue weighted by molar-refractivity contribution is -0.385. The van der Waals surface area contributed by atoms with Crippen LogP contribution >= 0.6 is 0 Å². The van der Waals surface area contributed by atoms with Crippen molar-refractivity contribution in [3.05, 3.63) is 39.7 Å². The second-order valence-corrected chi connectivity index (χ2v) is 6.07. The van der Waals surface area contributed by atoms with Gasteiger partial charge in [0.05, 0.1) is 10.5 Å². The number of amides is 1. The van der Waals surface area contributed by atoms with Crippen molar-refractivity contribution in [2.24, 2.45) is 11.7 Å². The Hall–Kier alpha value is -3.04. The molecule has 1 amide bonds. The van der Waals surface area contributed by atoms with E-state index in [0.29, 0.717) is 37.0 Å². The van der Waals surface area contributed by atoms with Crippen LogP contribution in [0, 0.1) is 23.0 Å². The van der Waals surface area contributed by atoms with Crippen LogP contribution in [0.5, 0.6) is 0 Å². The minimum absolute atomic E-state index is 0.0604. The van der Waals surface area contributed by atoms with E-state index in [9.17, 15) is 14.9 Å². The molecule has 3 heterocycles. The summed E-state index contributed by atoms with van der Waals surface area (Å²) in [5.41, 5.74) is 5.19. The summed E-state index contributed by atoms with van der Waals surface area (Å²) < 4.78 is 4.99. The monoisotopic (exact) mass is 346 g/mol. The standard InChI is InChI=1S/C15H18N6O4/c1-9-18-13(19-25-9)5-10-3-2-4-20(8-10)15-12(14(16)22)6-11(7-17-15)21(23)24/h6-7,10H,2-5,8H2,1H3,(H2,16,22). The second kappa shape index (κ2) is 6.83.